The largest absolute Gasteiger partial charge is 0.179 e. The summed E-state index contributed by atoms with van der Waals surface area (Å²) in [6.45, 7) is 0. The van der Waals surface area contributed by atoms with Crippen molar-refractivity contribution in [3.05, 3.63) is 60.2 Å². The number of benzene rings is 4. The Morgan fingerprint density at radius 1 is 0.500 bits per heavy atom. The third kappa shape index (κ3) is 4.30. The van der Waals surface area contributed by atoms with Gasteiger partial charge in [-0.1, -0.05) is 99.5 Å². The molecule has 0 heterocycles. The molecule has 0 atom stereocenters. The van der Waals surface area contributed by atoms with E-state index in [9.17, 15) is 0 Å². The lowest BCUT2D eigenvalue weighted by molar-refractivity contribution is 0.566. The van der Waals surface area contributed by atoms with Gasteiger partial charge in [0.2, 0.25) is 0 Å². The predicted molar refractivity (Wildman–Crippen MR) is 129 cm³/mol. The maximum absolute atomic E-state index is 4.28. The van der Waals surface area contributed by atoms with E-state index in [1.54, 1.807) is 0 Å². The van der Waals surface area contributed by atoms with Crippen LogP contribution in [0.5, 0.6) is 0 Å². The summed E-state index contributed by atoms with van der Waals surface area (Å²) in [6.07, 6.45) is 13.5. The molecular weight excluding hydrogens is 356 g/mol. The second-order valence-corrected chi connectivity index (χ2v) is 8.68. The Hall–Kier alpha value is -1.73. The van der Waals surface area contributed by atoms with Gasteiger partial charge in [-0.2, -0.15) is 12.6 Å². The monoisotopic (exact) mass is 388 g/mol. The van der Waals surface area contributed by atoms with E-state index >= 15 is 0 Å². The minimum absolute atomic E-state index is 1.04. The fourth-order valence-electron chi connectivity index (χ4n) is 4.68. The molecule has 28 heavy (non-hydrogen) atoms. The van der Waals surface area contributed by atoms with Crippen LogP contribution in [0.2, 0.25) is 0 Å². The Morgan fingerprint density at radius 3 is 1.71 bits per heavy atom. The highest BCUT2D eigenvalue weighted by Gasteiger charge is 2.10. The third-order valence-corrected chi connectivity index (χ3v) is 6.54. The summed E-state index contributed by atoms with van der Waals surface area (Å²) in [6, 6.07) is 20.6. The van der Waals surface area contributed by atoms with E-state index in [4.69, 9.17) is 0 Å². The van der Waals surface area contributed by atoms with E-state index < -0.39 is 0 Å². The van der Waals surface area contributed by atoms with E-state index in [1.165, 1.54) is 102 Å². The molecule has 0 N–H and O–H groups in total. The molecule has 0 radical (unpaired) electrons. The summed E-state index contributed by atoms with van der Waals surface area (Å²) in [7, 11) is 0. The molecule has 0 saturated carbocycles. The van der Waals surface area contributed by atoms with E-state index in [1.807, 2.05) is 0 Å². The van der Waals surface area contributed by atoms with Gasteiger partial charge >= 0.3 is 0 Å². The first-order valence-corrected chi connectivity index (χ1v) is 11.8. The summed E-state index contributed by atoms with van der Waals surface area (Å²) in [4.78, 5) is 0. The van der Waals surface area contributed by atoms with Crippen molar-refractivity contribution in [3.8, 4) is 0 Å². The highest BCUT2D eigenvalue weighted by atomic mass is 32.1. The molecule has 0 saturated heterocycles. The lowest BCUT2D eigenvalue weighted by Gasteiger charge is -2.14. The van der Waals surface area contributed by atoms with Gasteiger partial charge in [0.05, 0.1) is 0 Å². The molecular formula is C27H32S. The van der Waals surface area contributed by atoms with Crippen LogP contribution in [0.25, 0.3) is 32.3 Å². The van der Waals surface area contributed by atoms with E-state index in [0.717, 1.165) is 5.75 Å². The zero-order valence-corrected chi connectivity index (χ0v) is 17.8. The first-order valence-electron chi connectivity index (χ1n) is 11.1. The van der Waals surface area contributed by atoms with Gasteiger partial charge < -0.3 is 0 Å². The molecule has 0 aliphatic heterocycles. The standard InChI is InChI=1S/C27H32S/c28-20-9-7-5-3-1-2-4-6-8-11-21-14-15-24-17-16-22-12-10-13-23-18-19-25(21)27(24)26(22)23/h10,12-19,28H,1-9,11,20H2. The molecule has 4 rings (SSSR count). The molecule has 0 aliphatic carbocycles. The van der Waals surface area contributed by atoms with Crippen molar-refractivity contribution < 1.29 is 0 Å². The quantitative estimate of drug-likeness (QED) is 0.148. The highest BCUT2D eigenvalue weighted by Crippen LogP contribution is 2.36. The van der Waals surface area contributed by atoms with Gasteiger partial charge in [0.1, 0.15) is 0 Å². The van der Waals surface area contributed by atoms with Gasteiger partial charge in [-0.15, -0.1) is 0 Å². The van der Waals surface area contributed by atoms with Gasteiger partial charge in [0.25, 0.3) is 0 Å². The molecule has 0 fully saturated rings. The molecule has 146 valence electrons. The van der Waals surface area contributed by atoms with Crippen molar-refractivity contribution in [2.75, 3.05) is 5.75 Å². The molecule has 0 amide bonds. The Labute approximate surface area is 175 Å². The van der Waals surface area contributed by atoms with Crippen molar-refractivity contribution in [1.29, 1.82) is 0 Å². The maximum Gasteiger partial charge on any atom is -0.00240 e. The molecule has 0 nitrogen and oxygen atoms in total. The first-order chi connectivity index (χ1) is 13.9. The Bertz CT molecular complexity index is 1000. The number of rotatable bonds is 11. The van der Waals surface area contributed by atoms with E-state index in [0.29, 0.717) is 0 Å². The van der Waals surface area contributed by atoms with Crippen LogP contribution in [-0.2, 0) is 6.42 Å². The summed E-state index contributed by atoms with van der Waals surface area (Å²) in [5.41, 5.74) is 1.53. The first kappa shape index (κ1) is 19.6. The van der Waals surface area contributed by atoms with Crippen molar-refractivity contribution in [3.63, 3.8) is 0 Å². The molecule has 0 unspecified atom stereocenters. The molecule has 0 bridgehead atoms. The Kier molecular flexibility index (Phi) is 6.75. The predicted octanol–water partition coefficient (Wildman–Crippen LogP) is 8.57. The Morgan fingerprint density at radius 2 is 1.04 bits per heavy atom. The summed E-state index contributed by atoms with van der Waals surface area (Å²) < 4.78 is 0. The molecule has 1 heteroatoms. The average Bonchev–Trinajstić information content (AvgIpc) is 2.74. The summed E-state index contributed by atoms with van der Waals surface area (Å²) in [5, 5.41) is 8.47. The minimum atomic E-state index is 1.04. The second-order valence-electron chi connectivity index (χ2n) is 8.24. The fraction of sp³-hybridized carbons (Fsp3) is 0.407. The molecule has 0 spiro atoms. The smallest absolute Gasteiger partial charge is 0.00240 e. The zero-order valence-electron chi connectivity index (χ0n) is 16.9. The van der Waals surface area contributed by atoms with Crippen LogP contribution in [0.15, 0.2) is 54.6 Å². The topological polar surface area (TPSA) is 0 Å². The summed E-state index contributed by atoms with van der Waals surface area (Å²) in [5.74, 6) is 1.04. The van der Waals surface area contributed by atoms with Crippen LogP contribution < -0.4 is 0 Å². The lowest BCUT2D eigenvalue weighted by atomic mass is 9.90. The maximum atomic E-state index is 4.28. The van der Waals surface area contributed by atoms with Crippen LogP contribution in [0.3, 0.4) is 0 Å². The van der Waals surface area contributed by atoms with E-state index in [2.05, 4.69) is 67.2 Å². The van der Waals surface area contributed by atoms with Crippen LogP contribution in [0.4, 0.5) is 0 Å². The molecule has 4 aromatic rings. The SMILES string of the molecule is SCCCCCCCCCCCc1ccc2ccc3cccc4ccc1c2c34. The molecule has 4 aromatic carbocycles. The minimum Gasteiger partial charge on any atom is -0.179 e. The van der Waals surface area contributed by atoms with Crippen molar-refractivity contribution in [2.24, 2.45) is 0 Å². The number of thiol groups is 1. The van der Waals surface area contributed by atoms with E-state index in [-0.39, 0.29) is 0 Å². The number of unbranched alkanes of at least 4 members (excludes halogenated alkanes) is 8. The van der Waals surface area contributed by atoms with Gasteiger partial charge in [-0.25, -0.2) is 0 Å². The molecule has 0 aromatic heterocycles. The van der Waals surface area contributed by atoms with Gasteiger partial charge in [0.15, 0.2) is 0 Å². The van der Waals surface area contributed by atoms with Crippen LogP contribution in [0.1, 0.15) is 63.4 Å². The highest BCUT2D eigenvalue weighted by molar-refractivity contribution is 7.80. The van der Waals surface area contributed by atoms with Gasteiger partial charge in [0, 0.05) is 0 Å². The van der Waals surface area contributed by atoms with Crippen LogP contribution in [0, 0.1) is 0 Å². The third-order valence-electron chi connectivity index (χ3n) is 6.22. The summed E-state index contributed by atoms with van der Waals surface area (Å²) >= 11 is 4.28. The van der Waals surface area contributed by atoms with Crippen LogP contribution >= 0.6 is 12.6 Å². The van der Waals surface area contributed by atoms with Crippen LogP contribution in [-0.4, -0.2) is 5.75 Å². The lowest BCUT2D eigenvalue weighted by Crippen LogP contribution is -1.91. The Balaban J connectivity index is 1.36. The van der Waals surface area contributed by atoms with Gasteiger partial charge in [-0.05, 0) is 62.9 Å². The fourth-order valence-corrected chi connectivity index (χ4v) is 4.90. The van der Waals surface area contributed by atoms with Crippen molar-refractivity contribution >= 4 is 44.9 Å². The normalized spacial score (nSPS) is 11.9. The number of hydrogen-bond donors (Lipinski definition) is 1. The number of hydrogen-bond acceptors (Lipinski definition) is 1. The van der Waals surface area contributed by atoms with Crippen molar-refractivity contribution in [2.45, 2.75) is 64.2 Å². The number of aryl methyl sites for hydroxylation is 1. The zero-order chi connectivity index (χ0) is 19.2. The van der Waals surface area contributed by atoms with Crippen molar-refractivity contribution in [1.82, 2.24) is 0 Å². The molecule has 0 aliphatic rings. The average molecular weight is 389 g/mol. The van der Waals surface area contributed by atoms with Gasteiger partial charge in [-0.3, -0.25) is 0 Å². The second kappa shape index (κ2) is 9.65.